The highest BCUT2D eigenvalue weighted by atomic mass is 19.1. The number of carbonyl (C=O) groups excluding carboxylic acids is 1. The van der Waals surface area contributed by atoms with Gasteiger partial charge in [-0.15, -0.1) is 0 Å². The van der Waals surface area contributed by atoms with Crippen molar-refractivity contribution in [2.24, 2.45) is 5.41 Å². The van der Waals surface area contributed by atoms with Gasteiger partial charge in [0.1, 0.15) is 23.9 Å². The van der Waals surface area contributed by atoms with E-state index < -0.39 is 5.60 Å². The molecule has 0 atom stereocenters. The zero-order valence-electron chi connectivity index (χ0n) is 22.1. The molecule has 2 aliphatic rings. The SMILES string of the molecule is CC(C)(O)COc1ccc2c(C(=O)NC3CC4(C3)CC(Oc3ccc(-c5cccc(F)c5)cc3)C4)cnn2c1. The van der Waals surface area contributed by atoms with E-state index in [-0.39, 0.29) is 35.9 Å². The number of amides is 1. The minimum atomic E-state index is -0.937. The first-order valence-electron chi connectivity index (χ1n) is 13.3. The van der Waals surface area contributed by atoms with Crippen molar-refractivity contribution in [1.29, 1.82) is 0 Å². The van der Waals surface area contributed by atoms with E-state index in [1.807, 2.05) is 36.4 Å². The van der Waals surface area contributed by atoms with Gasteiger partial charge >= 0.3 is 0 Å². The highest BCUT2D eigenvalue weighted by Gasteiger charge is 2.54. The fourth-order valence-electron chi connectivity index (χ4n) is 5.75. The van der Waals surface area contributed by atoms with E-state index in [0.29, 0.717) is 16.8 Å². The van der Waals surface area contributed by atoms with Crippen LogP contribution in [0.2, 0.25) is 0 Å². The van der Waals surface area contributed by atoms with E-state index in [1.54, 1.807) is 42.9 Å². The van der Waals surface area contributed by atoms with Gasteiger partial charge in [-0.3, -0.25) is 4.79 Å². The lowest BCUT2D eigenvalue weighted by molar-refractivity contribution is -0.0833. The molecule has 7 nitrogen and oxygen atoms in total. The summed E-state index contributed by atoms with van der Waals surface area (Å²) in [4.78, 5) is 13.0. The minimum Gasteiger partial charge on any atom is -0.490 e. The van der Waals surface area contributed by atoms with Crippen LogP contribution in [0.25, 0.3) is 16.6 Å². The topological polar surface area (TPSA) is 85.1 Å². The Morgan fingerprint density at radius 3 is 2.54 bits per heavy atom. The van der Waals surface area contributed by atoms with Crippen LogP contribution >= 0.6 is 0 Å². The second-order valence-electron chi connectivity index (χ2n) is 11.6. The molecule has 0 aliphatic heterocycles. The lowest BCUT2D eigenvalue weighted by atomic mass is 9.53. The number of aromatic nitrogens is 2. The molecule has 6 rings (SSSR count). The van der Waals surface area contributed by atoms with Crippen LogP contribution in [0.15, 0.2) is 73.1 Å². The Kier molecular flexibility index (Phi) is 6.30. The summed E-state index contributed by atoms with van der Waals surface area (Å²) in [6, 6.07) is 18.1. The van der Waals surface area contributed by atoms with Crippen molar-refractivity contribution in [3.8, 4) is 22.6 Å². The molecule has 2 heterocycles. The zero-order valence-corrected chi connectivity index (χ0v) is 22.1. The van der Waals surface area contributed by atoms with Gasteiger partial charge < -0.3 is 19.9 Å². The Labute approximate surface area is 226 Å². The maximum atomic E-state index is 13.5. The molecule has 2 fully saturated rings. The first-order chi connectivity index (χ1) is 18.6. The Balaban J connectivity index is 0.978. The quantitative estimate of drug-likeness (QED) is 0.319. The first kappa shape index (κ1) is 25.4. The van der Waals surface area contributed by atoms with Crippen molar-refractivity contribution < 1.29 is 23.8 Å². The molecule has 0 saturated heterocycles. The van der Waals surface area contributed by atoms with Crippen LogP contribution in [0.5, 0.6) is 11.5 Å². The zero-order chi connectivity index (χ0) is 27.2. The van der Waals surface area contributed by atoms with E-state index in [9.17, 15) is 14.3 Å². The van der Waals surface area contributed by atoms with Crippen molar-refractivity contribution >= 4 is 11.4 Å². The number of hydrogen-bond acceptors (Lipinski definition) is 5. The van der Waals surface area contributed by atoms with Gasteiger partial charge in [0.05, 0.1) is 35.2 Å². The minimum absolute atomic E-state index is 0.125. The fourth-order valence-corrected chi connectivity index (χ4v) is 5.75. The predicted molar refractivity (Wildman–Crippen MR) is 145 cm³/mol. The smallest absolute Gasteiger partial charge is 0.255 e. The van der Waals surface area contributed by atoms with Crippen LogP contribution in [0, 0.1) is 11.2 Å². The maximum absolute atomic E-state index is 13.5. The Hall–Kier alpha value is -3.91. The highest BCUT2D eigenvalue weighted by molar-refractivity contribution is 6.00. The molecule has 4 aromatic rings. The van der Waals surface area contributed by atoms with E-state index in [2.05, 4.69) is 10.4 Å². The fraction of sp³-hybridized carbons (Fsp3) is 0.355. The normalized spacial score (nSPS) is 22.3. The van der Waals surface area contributed by atoms with E-state index in [4.69, 9.17) is 9.47 Å². The summed E-state index contributed by atoms with van der Waals surface area (Å²) in [5, 5.41) is 17.3. The number of carbonyl (C=O) groups is 1. The molecule has 2 aromatic carbocycles. The third-order valence-electron chi connectivity index (χ3n) is 7.66. The predicted octanol–water partition coefficient (Wildman–Crippen LogP) is 5.41. The van der Waals surface area contributed by atoms with Gasteiger partial charge in [0.15, 0.2) is 0 Å². The van der Waals surface area contributed by atoms with Gasteiger partial charge in [0.2, 0.25) is 0 Å². The molecule has 39 heavy (non-hydrogen) atoms. The van der Waals surface area contributed by atoms with E-state index >= 15 is 0 Å². The molecule has 0 unspecified atom stereocenters. The number of ether oxygens (including phenoxy) is 2. The van der Waals surface area contributed by atoms with Gasteiger partial charge in [0.25, 0.3) is 5.91 Å². The number of nitrogens with one attached hydrogen (secondary N) is 1. The molecular formula is C31H32FN3O4. The molecule has 2 saturated carbocycles. The van der Waals surface area contributed by atoms with Gasteiger partial charge in [-0.1, -0.05) is 24.3 Å². The molecule has 0 bridgehead atoms. The van der Waals surface area contributed by atoms with Crippen LogP contribution in [-0.2, 0) is 0 Å². The number of benzene rings is 2. The lowest BCUT2D eigenvalue weighted by Crippen LogP contribution is -2.58. The van der Waals surface area contributed by atoms with Crippen molar-refractivity contribution in [2.45, 2.75) is 57.3 Å². The Morgan fingerprint density at radius 2 is 1.82 bits per heavy atom. The summed E-state index contributed by atoms with van der Waals surface area (Å²) in [6.45, 7) is 3.52. The van der Waals surface area contributed by atoms with Crippen molar-refractivity contribution in [3.63, 3.8) is 0 Å². The summed E-state index contributed by atoms with van der Waals surface area (Å²) in [7, 11) is 0. The molecule has 2 aliphatic carbocycles. The van der Waals surface area contributed by atoms with Crippen molar-refractivity contribution in [3.05, 3.63) is 84.4 Å². The van der Waals surface area contributed by atoms with E-state index in [0.717, 1.165) is 42.6 Å². The van der Waals surface area contributed by atoms with E-state index in [1.165, 1.54) is 12.1 Å². The molecule has 1 amide bonds. The molecule has 2 N–H and O–H groups in total. The first-order valence-corrected chi connectivity index (χ1v) is 13.3. The summed E-state index contributed by atoms with van der Waals surface area (Å²) in [5.41, 5.74) is 2.34. The number of halogens is 1. The van der Waals surface area contributed by atoms with Gasteiger partial charge in [-0.2, -0.15) is 5.10 Å². The Morgan fingerprint density at radius 1 is 1.08 bits per heavy atom. The van der Waals surface area contributed by atoms with Crippen LogP contribution in [-0.4, -0.2) is 45.0 Å². The van der Waals surface area contributed by atoms with Crippen LogP contribution in [0.3, 0.4) is 0 Å². The third kappa shape index (κ3) is 5.47. The second kappa shape index (κ2) is 9.68. The second-order valence-corrected chi connectivity index (χ2v) is 11.6. The van der Waals surface area contributed by atoms with Crippen molar-refractivity contribution in [2.75, 3.05) is 6.61 Å². The number of rotatable bonds is 8. The van der Waals surface area contributed by atoms with Crippen LogP contribution < -0.4 is 14.8 Å². The maximum Gasteiger partial charge on any atom is 0.255 e. The van der Waals surface area contributed by atoms with Crippen LogP contribution in [0.1, 0.15) is 49.9 Å². The number of nitrogens with zero attached hydrogens (tertiary/aromatic N) is 2. The van der Waals surface area contributed by atoms with Gasteiger partial charge in [-0.05, 0) is 92.5 Å². The molecule has 8 heteroatoms. The third-order valence-corrected chi connectivity index (χ3v) is 7.66. The monoisotopic (exact) mass is 529 g/mol. The number of aliphatic hydroxyl groups is 1. The highest BCUT2D eigenvalue weighted by Crippen LogP contribution is 2.56. The number of hydrogen-bond donors (Lipinski definition) is 2. The summed E-state index contributed by atoms with van der Waals surface area (Å²) in [5.74, 6) is 1.02. The number of pyridine rings is 1. The Bertz CT molecular complexity index is 1490. The average Bonchev–Trinajstić information content (AvgIpc) is 3.28. The molecular weight excluding hydrogens is 497 g/mol. The van der Waals surface area contributed by atoms with Crippen LogP contribution in [0.4, 0.5) is 4.39 Å². The van der Waals surface area contributed by atoms with Gasteiger partial charge in [-0.25, -0.2) is 8.91 Å². The lowest BCUT2D eigenvalue weighted by Gasteiger charge is -2.57. The van der Waals surface area contributed by atoms with Crippen molar-refractivity contribution in [1.82, 2.24) is 14.9 Å². The number of fused-ring (bicyclic) bond motifs is 1. The summed E-state index contributed by atoms with van der Waals surface area (Å²) < 4.78 is 26.9. The molecule has 0 radical (unpaired) electrons. The molecule has 2 aromatic heterocycles. The largest absolute Gasteiger partial charge is 0.490 e. The summed E-state index contributed by atoms with van der Waals surface area (Å²) >= 11 is 0. The molecule has 202 valence electrons. The average molecular weight is 530 g/mol. The standard InChI is InChI=1S/C31H32FN3O4/c1-30(2,37)19-38-25-10-11-28-27(17-33-35(28)18-25)29(36)34-23-13-31(14-23)15-26(16-31)39-24-8-6-20(7-9-24)21-4-3-5-22(32)12-21/h3-12,17-18,23,26,37H,13-16,19H2,1-2H3,(H,34,36). The molecule has 1 spiro atoms. The summed E-state index contributed by atoms with van der Waals surface area (Å²) in [6.07, 6.45) is 7.32. The van der Waals surface area contributed by atoms with Gasteiger partial charge in [0, 0.05) is 6.04 Å².